The van der Waals surface area contributed by atoms with Crippen LogP contribution < -0.4 is 5.73 Å². The van der Waals surface area contributed by atoms with Crippen molar-refractivity contribution in [3.8, 4) is 0 Å². The summed E-state index contributed by atoms with van der Waals surface area (Å²) >= 11 is 1.58. The molecule has 3 nitrogen and oxygen atoms in total. The van der Waals surface area contributed by atoms with Crippen molar-refractivity contribution in [2.24, 2.45) is 5.73 Å². The highest BCUT2D eigenvalue weighted by Crippen LogP contribution is 2.22. The first-order valence-corrected chi connectivity index (χ1v) is 7.18. The normalized spacial score (nSPS) is 12.5. The van der Waals surface area contributed by atoms with Gasteiger partial charge in [-0.05, 0) is 30.5 Å². The summed E-state index contributed by atoms with van der Waals surface area (Å²) < 4.78 is 4.87. The molecule has 4 heteroatoms. The third kappa shape index (κ3) is 4.70. The average molecular weight is 267 g/mol. The van der Waals surface area contributed by atoms with Crippen LogP contribution >= 0.6 is 11.8 Å². The van der Waals surface area contributed by atoms with E-state index in [1.54, 1.807) is 18.7 Å². The first-order valence-electron chi connectivity index (χ1n) is 6.19. The van der Waals surface area contributed by atoms with Crippen molar-refractivity contribution < 1.29 is 9.53 Å². The number of esters is 1. The zero-order valence-electron chi connectivity index (χ0n) is 11.2. The number of rotatable bonds is 6. The van der Waals surface area contributed by atoms with Crippen LogP contribution in [-0.4, -0.2) is 24.4 Å². The van der Waals surface area contributed by atoms with Crippen molar-refractivity contribution in [3.05, 3.63) is 29.8 Å². The molecular weight excluding hydrogens is 246 g/mol. The Bertz CT molecular complexity index is 376. The molecular formula is C14H21NO2S. The largest absolute Gasteiger partial charge is 0.465 e. The highest BCUT2D eigenvalue weighted by molar-refractivity contribution is 7.99. The number of carbonyl (C=O) groups is 1. The molecule has 0 radical (unpaired) electrons. The molecule has 0 saturated heterocycles. The van der Waals surface area contributed by atoms with E-state index in [1.807, 2.05) is 0 Å². The van der Waals surface area contributed by atoms with Crippen LogP contribution in [0.25, 0.3) is 0 Å². The molecule has 0 aliphatic heterocycles. The summed E-state index contributed by atoms with van der Waals surface area (Å²) in [5.41, 5.74) is 7.05. The van der Waals surface area contributed by atoms with E-state index in [0.717, 1.165) is 4.90 Å². The minimum absolute atomic E-state index is 0.330. The van der Waals surface area contributed by atoms with Crippen molar-refractivity contribution >= 4 is 17.7 Å². The Kier molecular flexibility index (Phi) is 6.22. The molecule has 1 rings (SSSR count). The van der Waals surface area contributed by atoms with Gasteiger partial charge in [0, 0.05) is 10.6 Å². The van der Waals surface area contributed by atoms with Crippen molar-refractivity contribution in [1.82, 2.24) is 0 Å². The van der Waals surface area contributed by atoms with Gasteiger partial charge in [0.2, 0.25) is 0 Å². The van der Waals surface area contributed by atoms with Gasteiger partial charge in [-0.25, -0.2) is 0 Å². The third-order valence-corrected chi connectivity index (χ3v) is 3.70. The SMILES string of the molecule is CCOC(=O)C(N)CSc1ccc(C(C)C)cc1. The van der Waals surface area contributed by atoms with Gasteiger partial charge in [0.25, 0.3) is 0 Å². The predicted molar refractivity (Wildman–Crippen MR) is 75.9 cm³/mol. The van der Waals surface area contributed by atoms with Crippen LogP contribution in [0.1, 0.15) is 32.3 Å². The van der Waals surface area contributed by atoms with Crippen molar-refractivity contribution in [2.75, 3.05) is 12.4 Å². The lowest BCUT2D eigenvalue weighted by Gasteiger charge is -2.10. The number of benzene rings is 1. The molecule has 2 N–H and O–H groups in total. The number of carbonyl (C=O) groups excluding carboxylic acids is 1. The Morgan fingerprint density at radius 1 is 1.33 bits per heavy atom. The van der Waals surface area contributed by atoms with Crippen LogP contribution in [-0.2, 0) is 9.53 Å². The van der Waals surface area contributed by atoms with E-state index in [1.165, 1.54) is 5.56 Å². The van der Waals surface area contributed by atoms with E-state index < -0.39 is 6.04 Å². The molecule has 0 saturated carbocycles. The Morgan fingerprint density at radius 2 is 1.94 bits per heavy atom. The van der Waals surface area contributed by atoms with Gasteiger partial charge in [-0.3, -0.25) is 4.79 Å². The molecule has 0 bridgehead atoms. The van der Waals surface area contributed by atoms with Crippen LogP contribution in [0.2, 0.25) is 0 Å². The second-order valence-corrected chi connectivity index (χ2v) is 5.49. The van der Waals surface area contributed by atoms with E-state index in [4.69, 9.17) is 10.5 Å². The molecule has 100 valence electrons. The minimum atomic E-state index is -0.556. The fourth-order valence-electron chi connectivity index (χ4n) is 1.45. The topological polar surface area (TPSA) is 52.3 Å². The summed E-state index contributed by atoms with van der Waals surface area (Å²) in [4.78, 5) is 12.5. The summed E-state index contributed by atoms with van der Waals surface area (Å²) in [6, 6.07) is 7.81. The van der Waals surface area contributed by atoms with Gasteiger partial charge in [0.05, 0.1) is 6.61 Å². The van der Waals surface area contributed by atoms with Crippen molar-refractivity contribution in [3.63, 3.8) is 0 Å². The van der Waals surface area contributed by atoms with Gasteiger partial charge in [-0.1, -0.05) is 26.0 Å². The molecule has 18 heavy (non-hydrogen) atoms. The second-order valence-electron chi connectivity index (χ2n) is 4.39. The van der Waals surface area contributed by atoms with E-state index in [0.29, 0.717) is 18.3 Å². The number of nitrogens with two attached hydrogens (primary N) is 1. The Hall–Kier alpha value is -1.00. The summed E-state index contributed by atoms with van der Waals surface area (Å²) in [6.45, 7) is 6.49. The molecule has 0 amide bonds. The van der Waals surface area contributed by atoms with Crippen LogP contribution in [0.4, 0.5) is 0 Å². The first kappa shape index (κ1) is 15.1. The zero-order valence-corrected chi connectivity index (χ0v) is 12.0. The smallest absolute Gasteiger partial charge is 0.323 e. The van der Waals surface area contributed by atoms with Crippen LogP contribution in [0.3, 0.4) is 0 Å². The highest BCUT2D eigenvalue weighted by Gasteiger charge is 2.14. The highest BCUT2D eigenvalue weighted by atomic mass is 32.2. The van der Waals surface area contributed by atoms with Gasteiger partial charge < -0.3 is 10.5 Å². The Labute approximate surface area is 113 Å². The molecule has 0 aliphatic rings. The molecule has 1 unspecified atom stereocenters. The van der Waals surface area contributed by atoms with Crippen molar-refractivity contribution in [1.29, 1.82) is 0 Å². The molecule has 0 fully saturated rings. The van der Waals surface area contributed by atoms with Gasteiger partial charge >= 0.3 is 5.97 Å². The second kappa shape index (κ2) is 7.44. The summed E-state index contributed by atoms with van der Waals surface area (Å²) in [5, 5.41) is 0. The quantitative estimate of drug-likeness (QED) is 0.636. The van der Waals surface area contributed by atoms with E-state index in [9.17, 15) is 4.79 Å². The number of hydrogen-bond acceptors (Lipinski definition) is 4. The van der Waals surface area contributed by atoms with E-state index >= 15 is 0 Å². The summed E-state index contributed by atoms with van der Waals surface area (Å²) in [5.74, 6) is 0.745. The molecule has 0 aliphatic carbocycles. The molecule has 1 atom stereocenters. The van der Waals surface area contributed by atoms with Crippen LogP contribution in [0.15, 0.2) is 29.2 Å². The Balaban J connectivity index is 2.46. The standard InChI is InChI=1S/C14H21NO2S/c1-4-17-14(16)13(15)9-18-12-7-5-11(6-8-12)10(2)3/h5-8,10,13H,4,9,15H2,1-3H3. The maximum Gasteiger partial charge on any atom is 0.323 e. The zero-order chi connectivity index (χ0) is 13.5. The average Bonchev–Trinajstić information content (AvgIpc) is 2.36. The van der Waals surface area contributed by atoms with Crippen molar-refractivity contribution in [2.45, 2.75) is 37.6 Å². The summed E-state index contributed by atoms with van der Waals surface area (Å²) in [7, 11) is 0. The fourth-order valence-corrected chi connectivity index (χ4v) is 2.29. The number of thioether (sulfide) groups is 1. The minimum Gasteiger partial charge on any atom is -0.465 e. The predicted octanol–water partition coefficient (Wildman–Crippen LogP) is 2.79. The lowest BCUT2D eigenvalue weighted by molar-refractivity contribution is -0.144. The number of hydrogen-bond donors (Lipinski definition) is 1. The van der Waals surface area contributed by atoms with Gasteiger partial charge in [-0.15, -0.1) is 11.8 Å². The maximum absolute atomic E-state index is 11.3. The third-order valence-electron chi connectivity index (χ3n) is 2.57. The first-order chi connectivity index (χ1) is 8.54. The van der Waals surface area contributed by atoms with Crippen LogP contribution in [0, 0.1) is 0 Å². The van der Waals surface area contributed by atoms with Gasteiger partial charge in [0.15, 0.2) is 0 Å². The molecule has 0 heterocycles. The van der Waals surface area contributed by atoms with Gasteiger partial charge in [-0.2, -0.15) is 0 Å². The lowest BCUT2D eigenvalue weighted by Crippen LogP contribution is -2.34. The molecule has 0 aromatic heterocycles. The maximum atomic E-state index is 11.3. The fraction of sp³-hybridized carbons (Fsp3) is 0.500. The molecule has 1 aromatic rings. The monoisotopic (exact) mass is 267 g/mol. The van der Waals surface area contributed by atoms with E-state index in [2.05, 4.69) is 38.1 Å². The lowest BCUT2D eigenvalue weighted by atomic mass is 10.0. The number of ether oxygens (including phenoxy) is 1. The van der Waals surface area contributed by atoms with Gasteiger partial charge in [0.1, 0.15) is 6.04 Å². The van der Waals surface area contributed by atoms with Crippen LogP contribution in [0.5, 0.6) is 0 Å². The van der Waals surface area contributed by atoms with E-state index in [-0.39, 0.29) is 5.97 Å². The molecule has 0 spiro atoms. The Morgan fingerprint density at radius 3 is 2.44 bits per heavy atom. The molecule has 1 aromatic carbocycles. The summed E-state index contributed by atoms with van der Waals surface area (Å²) in [6.07, 6.45) is 0.